The third-order valence-electron chi connectivity index (χ3n) is 9.07. The van der Waals surface area contributed by atoms with Crippen LogP contribution in [-0.4, -0.2) is 54.9 Å². The maximum atomic E-state index is 12.8. The minimum atomic E-state index is -3.96. The highest BCUT2D eigenvalue weighted by Crippen LogP contribution is 2.40. The SMILES string of the molecule is CCCCCCCCCCCCc1ccc(S(=O)(=O)OCC(O)COC2CC(C)(C)N(Cc3ccccc3)C(C)(C)C2)cc1. The summed E-state index contributed by atoms with van der Waals surface area (Å²) in [6.45, 7) is 11.8. The van der Waals surface area contributed by atoms with Gasteiger partial charge in [0.1, 0.15) is 6.10 Å². The predicted molar refractivity (Wildman–Crippen MR) is 180 cm³/mol. The van der Waals surface area contributed by atoms with Crippen LogP contribution in [0.3, 0.4) is 0 Å². The lowest BCUT2D eigenvalue weighted by atomic mass is 9.77. The number of nitrogens with zero attached hydrogens (tertiary/aromatic N) is 1. The maximum Gasteiger partial charge on any atom is 0.297 e. The van der Waals surface area contributed by atoms with Crippen LogP contribution < -0.4 is 0 Å². The Balaban J connectivity index is 1.36. The molecular weight excluding hydrogens is 570 g/mol. The van der Waals surface area contributed by atoms with Crippen LogP contribution in [0.5, 0.6) is 0 Å². The quantitative estimate of drug-likeness (QED) is 0.117. The molecule has 0 aromatic heterocycles. The Kier molecular flexibility index (Phi) is 14.8. The van der Waals surface area contributed by atoms with Gasteiger partial charge in [0.15, 0.2) is 0 Å². The zero-order valence-corrected chi connectivity index (χ0v) is 28.9. The third-order valence-corrected chi connectivity index (χ3v) is 10.4. The molecule has 3 rings (SSSR count). The van der Waals surface area contributed by atoms with Gasteiger partial charge in [0.25, 0.3) is 10.1 Å². The first-order valence-electron chi connectivity index (χ1n) is 17.0. The molecular formula is C37H59NO5S. The van der Waals surface area contributed by atoms with Crippen molar-refractivity contribution in [2.45, 2.75) is 153 Å². The molecule has 7 heteroatoms. The Hall–Kier alpha value is -1.77. The molecule has 0 radical (unpaired) electrons. The van der Waals surface area contributed by atoms with Crippen molar-refractivity contribution in [3.63, 3.8) is 0 Å². The van der Waals surface area contributed by atoms with Crippen molar-refractivity contribution >= 4 is 10.1 Å². The van der Waals surface area contributed by atoms with Gasteiger partial charge >= 0.3 is 0 Å². The van der Waals surface area contributed by atoms with E-state index >= 15 is 0 Å². The second kappa shape index (κ2) is 17.8. The first kappa shape index (κ1) is 36.7. The standard InChI is InChI=1S/C37H59NO5S/c1-6-7-8-9-10-11-12-13-14-16-19-31-22-24-35(25-23-31)44(40,41)43-30-33(39)29-42-34-26-36(2,3)38(37(4,5)27-34)28-32-20-17-15-18-21-32/h15,17-18,20-25,33-34,39H,6-14,16,19,26-30H2,1-5H3. The van der Waals surface area contributed by atoms with Crippen molar-refractivity contribution in [2.75, 3.05) is 13.2 Å². The van der Waals surface area contributed by atoms with Gasteiger partial charge in [0.05, 0.1) is 24.2 Å². The Labute approximate surface area is 268 Å². The van der Waals surface area contributed by atoms with Gasteiger partial charge in [-0.25, -0.2) is 0 Å². The Morgan fingerprint density at radius 3 is 1.89 bits per heavy atom. The van der Waals surface area contributed by atoms with Crippen LogP contribution in [0.2, 0.25) is 0 Å². The number of aryl methyl sites for hydroxylation is 1. The molecule has 0 spiro atoms. The van der Waals surface area contributed by atoms with Crippen LogP contribution in [0.15, 0.2) is 59.5 Å². The van der Waals surface area contributed by atoms with Crippen molar-refractivity contribution in [1.29, 1.82) is 0 Å². The summed E-state index contributed by atoms with van der Waals surface area (Å²) in [5, 5.41) is 10.5. The number of benzene rings is 2. The molecule has 0 saturated carbocycles. The Morgan fingerprint density at radius 1 is 0.773 bits per heavy atom. The van der Waals surface area contributed by atoms with Crippen molar-refractivity contribution in [3.05, 3.63) is 65.7 Å². The highest BCUT2D eigenvalue weighted by molar-refractivity contribution is 7.86. The molecule has 1 N–H and O–H groups in total. The van der Waals surface area contributed by atoms with Gasteiger partial charge in [0.2, 0.25) is 0 Å². The summed E-state index contributed by atoms with van der Waals surface area (Å²) in [5.74, 6) is 0. The van der Waals surface area contributed by atoms with E-state index in [2.05, 4.69) is 63.8 Å². The van der Waals surface area contributed by atoms with Crippen LogP contribution in [0.25, 0.3) is 0 Å². The molecule has 248 valence electrons. The van der Waals surface area contributed by atoms with Crippen LogP contribution >= 0.6 is 0 Å². The van der Waals surface area contributed by atoms with Crippen LogP contribution in [0, 0.1) is 0 Å². The highest BCUT2D eigenvalue weighted by Gasteiger charge is 2.45. The molecule has 1 aliphatic rings. The van der Waals surface area contributed by atoms with Crippen molar-refractivity contribution in [2.24, 2.45) is 0 Å². The summed E-state index contributed by atoms with van der Waals surface area (Å²) in [5.41, 5.74) is 2.21. The van der Waals surface area contributed by atoms with Gasteiger partial charge in [-0.05, 0) is 76.6 Å². The molecule has 1 saturated heterocycles. The zero-order chi connectivity index (χ0) is 32.1. The number of rotatable bonds is 20. The summed E-state index contributed by atoms with van der Waals surface area (Å²) in [4.78, 5) is 2.65. The van der Waals surface area contributed by atoms with Crippen molar-refractivity contribution in [1.82, 2.24) is 4.90 Å². The van der Waals surface area contributed by atoms with E-state index in [1.54, 1.807) is 12.1 Å². The minimum absolute atomic E-state index is 0.0306. The molecule has 0 aliphatic carbocycles. The van der Waals surface area contributed by atoms with E-state index in [0.29, 0.717) is 0 Å². The molecule has 2 aromatic rings. The molecule has 1 heterocycles. The maximum absolute atomic E-state index is 12.8. The number of aliphatic hydroxyl groups is 1. The summed E-state index contributed by atoms with van der Waals surface area (Å²) < 4.78 is 36.9. The van der Waals surface area contributed by atoms with E-state index in [0.717, 1.165) is 37.8 Å². The van der Waals surface area contributed by atoms with Gasteiger partial charge in [0, 0.05) is 17.6 Å². The fourth-order valence-electron chi connectivity index (χ4n) is 6.71. The smallest absolute Gasteiger partial charge is 0.297 e. The highest BCUT2D eigenvalue weighted by atomic mass is 32.2. The van der Waals surface area contributed by atoms with E-state index in [1.165, 1.54) is 63.4 Å². The van der Waals surface area contributed by atoms with Crippen LogP contribution in [0.4, 0.5) is 0 Å². The molecule has 44 heavy (non-hydrogen) atoms. The van der Waals surface area contributed by atoms with E-state index in [4.69, 9.17) is 8.92 Å². The number of hydrogen-bond donors (Lipinski definition) is 1. The van der Waals surface area contributed by atoms with Gasteiger partial charge in [-0.3, -0.25) is 9.08 Å². The molecule has 2 aromatic carbocycles. The number of aliphatic hydroxyl groups excluding tert-OH is 1. The first-order chi connectivity index (χ1) is 20.9. The number of hydrogen-bond acceptors (Lipinski definition) is 6. The normalized spacial score (nSPS) is 18.0. The Bertz CT molecular complexity index is 1160. The molecule has 6 nitrogen and oxygen atoms in total. The molecule has 1 unspecified atom stereocenters. The van der Waals surface area contributed by atoms with E-state index in [1.807, 2.05) is 18.2 Å². The molecule has 1 aliphatic heterocycles. The molecule has 1 fully saturated rings. The van der Waals surface area contributed by atoms with Crippen LogP contribution in [0.1, 0.15) is 123 Å². The monoisotopic (exact) mass is 629 g/mol. The predicted octanol–water partition coefficient (Wildman–Crippen LogP) is 8.45. The number of piperidine rings is 1. The minimum Gasteiger partial charge on any atom is -0.388 e. The van der Waals surface area contributed by atoms with Gasteiger partial charge < -0.3 is 9.84 Å². The van der Waals surface area contributed by atoms with Gasteiger partial charge in [-0.2, -0.15) is 8.42 Å². The zero-order valence-electron chi connectivity index (χ0n) is 28.1. The second-order valence-corrected chi connectivity index (χ2v) is 15.6. The lowest BCUT2D eigenvalue weighted by molar-refractivity contribution is -0.121. The fourth-order valence-corrected chi connectivity index (χ4v) is 7.65. The van der Waals surface area contributed by atoms with Gasteiger partial charge in [-0.15, -0.1) is 0 Å². The summed E-state index contributed by atoms with van der Waals surface area (Å²) in [6.07, 6.45) is 14.5. The van der Waals surface area contributed by atoms with Gasteiger partial charge in [-0.1, -0.05) is 107 Å². The average Bonchev–Trinajstić information content (AvgIpc) is 2.98. The van der Waals surface area contributed by atoms with Crippen molar-refractivity contribution < 1.29 is 22.4 Å². The Morgan fingerprint density at radius 2 is 1.32 bits per heavy atom. The largest absolute Gasteiger partial charge is 0.388 e. The van der Waals surface area contributed by atoms with Crippen LogP contribution in [-0.2, 0) is 32.0 Å². The second-order valence-electron chi connectivity index (χ2n) is 14.0. The average molecular weight is 630 g/mol. The number of unbranched alkanes of at least 4 members (excludes halogenated alkanes) is 9. The first-order valence-corrected chi connectivity index (χ1v) is 18.4. The molecule has 0 bridgehead atoms. The molecule has 0 amide bonds. The summed E-state index contributed by atoms with van der Waals surface area (Å²) >= 11 is 0. The summed E-state index contributed by atoms with van der Waals surface area (Å²) in [7, 11) is -3.96. The topological polar surface area (TPSA) is 76.1 Å². The third kappa shape index (κ3) is 12.2. The fraction of sp³-hybridized carbons (Fsp3) is 0.676. The number of ether oxygens (including phenoxy) is 1. The summed E-state index contributed by atoms with van der Waals surface area (Å²) in [6, 6.07) is 17.5. The van der Waals surface area contributed by atoms with Crippen molar-refractivity contribution in [3.8, 4) is 0 Å². The number of likely N-dealkylation sites (tertiary alicyclic amines) is 1. The van der Waals surface area contributed by atoms with E-state index in [9.17, 15) is 13.5 Å². The lowest BCUT2D eigenvalue weighted by Gasteiger charge is -2.55. The van der Waals surface area contributed by atoms with E-state index < -0.39 is 16.2 Å². The lowest BCUT2D eigenvalue weighted by Crippen LogP contribution is -2.61. The molecule has 1 atom stereocenters. The van der Waals surface area contributed by atoms with E-state index in [-0.39, 0.29) is 35.3 Å².